The van der Waals surface area contributed by atoms with Crippen molar-refractivity contribution in [1.29, 1.82) is 0 Å². The molecule has 0 atom stereocenters. The Morgan fingerprint density at radius 2 is 1.76 bits per heavy atom. The highest BCUT2D eigenvalue weighted by molar-refractivity contribution is 6.33. The Morgan fingerprint density at radius 1 is 1.08 bits per heavy atom. The van der Waals surface area contributed by atoms with Crippen molar-refractivity contribution in [2.75, 3.05) is 10.6 Å². The lowest BCUT2D eigenvalue weighted by molar-refractivity contribution is -0.137. The zero-order valence-corrected chi connectivity index (χ0v) is 14.4. The van der Waals surface area contributed by atoms with Crippen LogP contribution in [0.5, 0.6) is 0 Å². The van der Waals surface area contributed by atoms with Gasteiger partial charge in [0.1, 0.15) is 17.5 Å². The molecule has 0 amide bonds. The summed E-state index contributed by atoms with van der Waals surface area (Å²) in [7, 11) is 0. The standard InChI is InChI=1S/C17H18ClF3N4/c1-10-22-15(24-12-4-2-3-5-12)9-16(23-10)25-14-8-11(17(19,20)21)6-7-13(14)18/h6-9,12H,2-5H2,1H3,(H2,22,23,24,25). The number of alkyl halides is 3. The number of hydrogen-bond acceptors (Lipinski definition) is 4. The van der Waals surface area contributed by atoms with E-state index >= 15 is 0 Å². The molecule has 0 spiro atoms. The van der Waals surface area contributed by atoms with E-state index in [0.29, 0.717) is 23.5 Å². The molecule has 8 heteroatoms. The van der Waals surface area contributed by atoms with Gasteiger partial charge >= 0.3 is 6.18 Å². The monoisotopic (exact) mass is 370 g/mol. The average Bonchev–Trinajstić information content (AvgIpc) is 3.00. The zero-order valence-electron chi connectivity index (χ0n) is 13.6. The maximum atomic E-state index is 12.9. The molecule has 1 fully saturated rings. The molecule has 1 aliphatic carbocycles. The van der Waals surface area contributed by atoms with Crippen LogP contribution in [0.15, 0.2) is 24.3 Å². The van der Waals surface area contributed by atoms with E-state index < -0.39 is 11.7 Å². The molecule has 2 N–H and O–H groups in total. The van der Waals surface area contributed by atoms with Crippen molar-refractivity contribution in [3.63, 3.8) is 0 Å². The zero-order chi connectivity index (χ0) is 18.0. The number of halogens is 4. The van der Waals surface area contributed by atoms with Gasteiger partial charge in [0.2, 0.25) is 0 Å². The Kier molecular flexibility index (Phi) is 5.03. The van der Waals surface area contributed by atoms with Gasteiger partial charge in [-0.15, -0.1) is 0 Å². The van der Waals surface area contributed by atoms with Gasteiger partial charge in [-0.3, -0.25) is 0 Å². The van der Waals surface area contributed by atoms with Gasteiger partial charge in [0.15, 0.2) is 0 Å². The van der Waals surface area contributed by atoms with E-state index in [4.69, 9.17) is 11.6 Å². The fourth-order valence-corrected chi connectivity index (χ4v) is 3.09. The highest BCUT2D eigenvalue weighted by Crippen LogP contribution is 2.35. The molecule has 1 heterocycles. The second-order valence-electron chi connectivity index (χ2n) is 6.13. The maximum absolute atomic E-state index is 12.9. The predicted molar refractivity (Wildman–Crippen MR) is 92.4 cm³/mol. The topological polar surface area (TPSA) is 49.8 Å². The molecule has 1 saturated carbocycles. The molecule has 4 nitrogen and oxygen atoms in total. The quantitative estimate of drug-likeness (QED) is 0.740. The smallest absolute Gasteiger partial charge is 0.367 e. The summed E-state index contributed by atoms with van der Waals surface area (Å²) in [4.78, 5) is 8.58. The van der Waals surface area contributed by atoms with Gasteiger partial charge in [0.25, 0.3) is 0 Å². The fraction of sp³-hybridized carbons (Fsp3) is 0.412. The number of aromatic nitrogens is 2. The number of aryl methyl sites for hydroxylation is 1. The molecule has 134 valence electrons. The van der Waals surface area contributed by atoms with Crippen LogP contribution in [-0.2, 0) is 6.18 Å². The third-order valence-electron chi connectivity index (χ3n) is 4.10. The lowest BCUT2D eigenvalue weighted by atomic mass is 10.2. The minimum absolute atomic E-state index is 0.154. The van der Waals surface area contributed by atoms with Crippen LogP contribution >= 0.6 is 11.6 Å². The second kappa shape index (κ2) is 7.07. The van der Waals surface area contributed by atoms with Gasteiger partial charge in [-0.25, -0.2) is 9.97 Å². The van der Waals surface area contributed by atoms with Crippen LogP contribution in [0.1, 0.15) is 37.1 Å². The van der Waals surface area contributed by atoms with Crippen molar-refractivity contribution in [2.24, 2.45) is 0 Å². The summed E-state index contributed by atoms with van der Waals surface area (Å²) in [5, 5.41) is 6.41. The SMILES string of the molecule is Cc1nc(Nc2cc(C(F)(F)F)ccc2Cl)cc(NC2CCCC2)n1. The minimum atomic E-state index is -4.43. The summed E-state index contributed by atoms with van der Waals surface area (Å²) in [6, 6.07) is 5.20. The highest BCUT2D eigenvalue weighted by atomic mass is 35.5. The molecule has 1 aromatic heterocycles. The number of hydrogen-bond donors (Lipinski definition) is 2. The first-order valence-electron chi connectivity index (χ1n) is 8.07. The van der Waals surface area contributed by atoms with Crippen LogP contribution in [0.2, 0.25) is 5.02 Å². The van der Waals surface area contributed by atoms with E-state index in [1.165, 1.54) is 18.9 Å². The van der Waals surface area contributed by atoms with Crippen molar-refractivity contribution in [3.8, 4) is 0 Å². The molecule has 0 bridgehead atoms. The predicted octanol–water partition coefficient (Wildman–Crippen LogP) is 5.56. The van der Waals surface area contributed by atoms with Crippen LogP contribution in [0, 0.1) is 6.92 Å². The summed E-state index contributed by atoms with van der Waals surface area (Å²) in [6.07, 6.45) is 0.119. The molecule has 0 saturated heterocycles. The van der Waals surface area contributed by atoms with Gasteiger partial charge < -0.3 is 10.6 Å². The van der Waals surface area contributed by atoms with Crippen molar-refractivity contribution in [3.05, 3.63) is 40.7 Å². The van der Waals surface area contributed by atoms with Crippen LogP contribution in [0.25, 0.3) is 0 Å². The van der Waals surface area contributed by atoms with Crippen LogP contribution in [-0.4, -0.2) is 16.0 Å². The van der Waals surface area contributed by atoms with Crippen molar-refractivity contribution >= 4 is 28.9 Å². The Hall–Kier alpha value is -2.02. The number of anilines is 3. The first-order valence-corrected chi connectivity index (χ1v) is 8.45. The summed E-state index contributed by atoms with van der Waals surface area (Å²) in [6.45, 7) is 1.73. The van der Waals surface area contributed by atoms with Crippen LogP contribution in [0.3, 0.4) is 0 Å². The second-order valence-corrected chi connectivity index (χ2v) is 6.54. The highest BCUT2D eigenvalue weighted by Gasteiger charge is 2.31. The summed E-state index contributed by atoms with van der Waals surface area (Å²) in [5.41, 5.74) is -0.615. The van der Waals surface area contributed by atoms with E-state index in [-0.39, 0.29) is 10.7 Å². The Balaban J connectivity index is 1.83. The minimum Gasteiger partial charge on any atom is -0.367 e. The first-order chi connectivity index (χ1) is 11.8. The van der Waals surface area contributed by atoms with E-state index in [1.54, 1.807) is 13.0 Å². The van der Waals surface area contributed by atoms with E-state index in [2.05, 4.69) is 20.6 Å². The molecule has 2 aromatic rings. The van der Waals surface area contributed by atoms with Crippen LogP contribution < -0.4 is 10.6 Å². The van der Waals surface area contributed by atoms with E-state index in [0.717, 1.165) is 25.0 Å². The molecule has 3 rings (SSSR count). The maximum Gasteiger partial charge on any atom is 0.416 e. The molecule has 25 heavy (non-hydrogen) atoms. The van der Waals surface area contributed by atoms with Crippen molar-refractivity contribution in [2.45, 2.75) is 44.8 Å². The molecular weight excluding hydrogens is 353 g/mol. The number of benzene rings is 1. The molecular formula is C17H18ClF3N4. The number of nitrogens with one attached hydrogen (secondary N) is 2. The fourth-order valence-electron chi connectivity index (χ4n) is 2.92. The van der Waals surface area contributed by atoms with Gasteiger partial charge in [-0.2, -0.15) is 13.2 Å². The number of rotatable bonds is 4. The normalized spacial score (nSPS) is 15.4. The molecule has 0 unspecified atom stereocenters. The number of nitrogens with zero attached hydrogens (tertiary/aromatic N) is 2. The Bertz CT molecular complexity index is 758. The summed E-state index contributed by atoms with van der Waals surface area (Å²) >= 11 is 6.02. The van der Waals surface area contributed by atoms with Gasteiger partial charge in [0.05, 0.1) is 16.3 Å². The molecule has 1 aromatic carbocycles. The molecule has 1 aliphatic rings. The lowest BCUT2D eigenvalue weighted by Crippen LogP contribution is -2.16. The summed E-state index contributed by atoms with van der Waals surface area (Å²) < 4.78 is 38.7. The third-order valence-corrected chi connectivity index (χ3v) is 4.43. The summed E-state index contributed by atoms with van der Waals surface area (Å²) in [5.74, 6) is 1.58. The van der Waals surface area contributed by atoms with Crippen molar-refractivity contribution in [1.82, 2.24) is 9.97 Å². The van der Waals surface area contributed by atoms with E-state index in [1.807, 2.05) is 0 Å². The molecule has 0 aliphatic heterocycles. The largest absolute Gasteiger partial charge is 0.416 e. The third kappa shape index (κ3) is 4.54. The van der Waals surface area contributed by atoms with Gasteiger partial charge in [0, 0.05) is 12.1 Å². The average molecular weight is 371 g/mol. The molecule has 0 radical (unpaired) electrons. The van der Waals surface area contributed by atoms with E-state index in [9.17, 15) is 13.2 Å². The first kappa shape index (κ1) is 17.8. The van der Waals surface area contributed by atoms with Gasteiger partial charge in [-0.1, -0.05) is 24.4 Å². The van der Waals surface area contributed by atoms with Crippen LogP contribution in [0.4, 0.5) is 30.5 Å². The van der Waals surface area contributed by atoms with Gasteiger partial charge in [-0.05, 0) is 38.0 Å². The van der Waals surface area contributed by atoms with Crippen molar-refractivity contribution < 1.29 is 13.2 Å². The Morgan fingerprint density at radius 3 is 2.44 bits per heavy atom. The Labute approximate surface area is 148 Å². The lowest BCUT2D eigenvalue weighted by Gasteiger charge is -2.15.